The van der Waals surface area contributed by atoms with Gasteiger partial charge in [0.25, 0.3) is 0 Å². The number of hydrogen-bond acceptors (Lipinski definition) is 3. The molecule has 0 aliphatic rings. The van der Waals surface area contributed by atoms with Gasteiger partial charge < -0.3 is 16.9 Å². The fourth-order valence-corrected chi connectivity index (χ4v) is 0.930. The molecule has 0 heterocycles. The van der Waals surface area contributed by atoms with E-state index in [2.05, 4.69) is 0 Å². The summed E-state index contributed by atoms with van der Waals surface area (Å²) >= 11 is 0. The lowest BCUT2D eigenvalue weighted by molar-refractivity contribution is 0.633. The van der Waals surface area contributed by atoms with Gasteiger partial charge >= 0.3 is 0 Å². The Bertz CT molecular complexity index is 334. The molecule has 1 aromatic carbocycles. The van der Waals surface area contributed by atoms with Crippen molar-refractivity contribution in [1.82, 2.24) is 0 Å². The summed E-state index contributed by atoms with van der Waals surface area (Å²) < 4.78 is 12.7. The van der Waals surface area contributed by atoms with E-state index in [1.54, 1.807) is 6.92 Å². The van der Waals surface area contributed by atoms with E-state index < -0.39 is 5.82 Å². The second kappa shape index (κ2) is 5.21. The average Bonchev–Trinajstić information content (AvgIpc) is 2.14. The molecule has 0 atom stereocenters. The molecule has 0 aromatic heterocycles. The molecule has 0 saturated heterocycles. The first kappa shape index (κ1) is 12.4. The normalized spacial score (nSPS) is 8.86. The summed E-state index contributed by atoms with van der Waals surface area (Å²) in [5, 5.41) is 7.29. The second-order valence-corrected chi connectivity index (χ2v) is 2.59. The molecule has 0 aliphatic carbocycles. The fraction of sp³-hybridized carbons (Fsp3) is 0.300. The molecule has 0 fully saturated rings. The summed E-state index contributed by atoms with van der Waals surface area (Å²) in [6, 6.07) is 2.50. The van der Waals surface area contributed by atoms with E-state index in [4.69, 9.17) is 16.9 Å². The van der Waals surface area contributed by atoms with E-state index in [1.165, 1.54) is 6.07 Å². The Labute approximate surface area is 83.4 Å². The fourth-order valence-electron chi connectivity index (χ4n) is 0.930. The summed E-state index contributed by atoms with van der Waals surface area (Å²) in [6.07, 6.45) is 0. The van der Waals surface area contributed by atoms with Crippen molar-refractivity contribution >= 4 is 17.1 Å². The van der Waals surface area contributed by atoms with Crippen LogP contribution in [0.15, 0.2) is 12.1 Å². The van der Waals surface area contributed by atoms with E-state index in [0.717, 1.165) is 6.07 Å². The van der Waals surface area contributed by atoms with Crippen molar-refractivity contribution in [2.24, 2.45) is 0 Å². The summed E-state index contributed by atoms with van der Waals surface area (Å²) in [5.41, 5.74) is 11.8. The molecular weight excluding hydrogens is 181 g/mol. The largest absolute Gasteiger partial charge is 0.398 e. The van der Waals surface area contributed by atoms with Crippen LogP contribution in [0, 0.1) is 11.2 Å². The third kappa shape index (κ3) is 2.73. The summed E-state index contributed by atoms with van der Waals surface area (Å²) in [4.78, 5) is 0. The van der Waals surface area contributed by atoms with Gasteiger partial charge in [-0.25, -0.2) is 4.39 Å². The quantitative estimate of drug-likeness (QED) is 0.477. The molecule has 5 N–H and O–H groups in total. The van der Waals surface area contributed by atoms with Crippen LogP contribution in [0.1, 0.15) is 26.3 Å². The number of halogens is 1. The van der Waals surface area contributed by atoms with Crippen molar-refractivity contribution in [3.8, 4) is 0 Å². The van der Waals surface area contributed by atoms with Crippen LogP contribution in [0.3, 0.4) is 0 Å². The van der Waals surface area contributed by atoms with Gasteiger partial charge in [-0.1, -0.05) is 13.8 Å². The number of nitrogens with two attached hydrogens (primary N) is 2. The maximum atomic E-state index is 12.7. The van der Waals surface area contributed by atoms with Crippen LogP contribution in [0.4, 0.5) is 15.8 Å². The molecule has 0 spiro atoms. The first-order chi connectivity index (χ1) is 6.52. The third-order valence-electron chi connectivity index (χ3n) is 1.57. The Balaban J connectivity index is 0.000000791. The van der Waals surface area contributed by atoms with E-state index in [1.807, 2.05) is 13.8 Å². The Kier molecular flexibility index (Phi) is 4.63. The molecule has 1 rings (SSSR count). The van der Waals surface area contributed by atoms with E-state index in [0.29, 0.717) is 5.56 Å². The summed E-state index contributed by atoms with van der Waals surface area (Å²) in [7, 11) is 0. The van der Waals surface area contributed by atoms with Crippen LogP contribution < -0.4 is 11.5 Å². The van der Waals surface area contributed by atoms with Gasteiger partial charge in [-0.2, -0.15) is 0 Å². The Morgan fingerprint density at radius 3 is 2.14 bits per heavy atom. The predicted molar refractivity (Wildman–Crippen MR) is 59.1 cm³/mol. The molecule has 0 unspecified atom stereocenters. The van der Waals surface area contributed by atoms with Crippen molar-refractivity contribution in [2.75, 3.05) is 11.5 Å². The molecule has 0 aliphatic heterocycles. The zero-order chi connectivity index (χ0) is 11.3. The Morgan fingerprint density at radius 2 is 1.71 bits per heavy atom. The minimum atomic E-state index is -0.544. The zero-order valence-electron chi connectivity index (χ0n) is 8.69. The predicted octanol–water partition coefficient (Wildman–Crippen LogP) is 2.40. The highest BCUT2D eigenvalue weighted by Crippen LogP contribution is 2.19. The molecule has 0 radical (unpaired) electrons. The SMILES string of the molecule is CC.CC(=N)c1cc(N)c(F)cc1N. The van der Waals surface area contributed by atoms with Crippen LogP contribution in [0.2, 0.25) is 0 Å². The molecular formula is C10H16FN3. The highest BCUT2D eigenvalue weighted by molar-refractivity contribution is 6.01. The Morgan fingerprint density at radius 1 is 1.21 bits per heavy atom. The first-order valence-electron chi connectivity index (χ1n) is 4.42. The third-order valence-corrected chi connectivity index (χ3v) is 1.57. The molecule has 0 saturated carbocycles. The molecule has 14 heavy (non-hydrogen) atoms. The lowest BCUT2D eigenvalue weighted by Gasteiger charge is -2.05. The van der Waals surface area contributed by atoms with E-state index in [-0.39, 0.29) is 17.1 Å². The van der Waals surface area contributed by atoms with Crippen LogP contribution in [-0.4, -0.2) is 5.71 Å². The van der Waals surface area contributed by atoms with Crippen molar-refractivity contribution < 1.29 is 4.39 Å². The first-order valence-corrected chi connectivity index (χ1v) is 4.42. The number of nitrogens with one attached hydrogen (secondary N) is 1. The van der Waals surface area contributed by atoms with Gasteiger partial charge in [-0.3, -0.25) is 0 Å². The minimum Gasteiger partial charge on any atom is -0.398 e. The van der Waals surface area contributed by atoms with Crippen molar-refractivity contribution in [3.05, 3.63) is 23.5 Å². The lowest BCUT2D eigenvalue weighted by Crippen LogP contribution is -2.03. The number of nitrogen functional groups attached to an aromatic ring is 2. The van der Waals surface area contributed by atoms with E-state index in [9.17, 15) is 4.39 Å². The standard InChI is InChI=1S/C8H10FN3.C2H6/c1-4(10)5-2-8(12)6(9)3-7(5)11;1-2/h2-3,10H,11-12H2,1H3;1-2H3. The highest BCUT2D eigenvalue weighted by Gasteiger charge is 2.06. The van der Waals surface area contributed by atoms with Crippen molar-refractivity contribution in [1.29, 1.82) is 5.41 Å². The van der Waals surface area contributed by atoms with Crippen molar-refractivity contribution in [2.45, 2.75) is 20.8 Å². The van der Waals surface area contributed by atoms with Crippen molar-refractivity contribution in [3.63, 3.8) is 0 Å². The molecule has 0 bridgehead atoms. The highest BCUT2D eigenvalue weighted by atomic mass is 19.1. The van der Waals surface area contributed by atoms with Crippen LogP contribution in [-0.2, 0) is 0 Å². The van der Waals surface area contributed by atoms with Gasteiger partial charge in [-0.15, -0.1) is 0 Å². The van der Waals surface area contributed by atoms with E-state index >= 15 is 0 Å². The second-order valence-electron chi connectivity index (χ2n) is 2.59. The molecule has 3 nitrogen and oxygen atoms in total. The van der Waals surface area contributed by atoms with Gasteiger partial charge in [-0.05, 0) is 19.1 Å². The van der Waals surface area contributed by atoms with Gasteiger partial charge in [0.15, 0.2) is 0 Å². The number of hydrogen-bond donors (Lipinski definition) is 3. The van der Waals surface area contributed by atoms with Gasteiger partial charge in [0.05, 0.1) is 5.69 Å². The summed E-state index contributed by atoms with van der Waals surface area (Å²) in [6.45, 7) is 5.57. The van der Waals surface area contributed by atoms with Gasteiger partial charge in [0.1, 0.15) is 5.82 Å². The van der Waals surface area contributed by atoms with Crippen LogP contribution in [0.25, 0.3) is 0 Å². The van der Waals surface area contributed by atoms with Crippen LogP contribution in [0.5, 0.6) is 0 Å². The topological polar surface area (TPSA) is 75.9 Å². The number of rotatable bonds is 1. The molecule has 1 aromatic rings. The number of benzene rings is 1. The van der Waals surface area contributed by atoms with Gasteiger partial charge in [0, 0.05) is 17.0 Å². The molecule has 78 valence electrons. The Hall–Kier alpha value is -1.58. The molecule has 4 heteroatoms. The zero-order valence-corrected chi connectivity index (χ0v) is 8.69. The summed E-state index contributed by atoms with van der Waals surface area (Å²) in [5.74, 6) is -0.544. The number of anilines is 2. The van der Waals surface area contributed by atoms with Crippen LogP contribution >= 0.6 is 0 Å². The average molecular weight is 197 g/mol. The smallest absolute Gasteiger partial charge is 0.148 e. The maximum Gasteiger partial charge on any atom is 0.148 e. The minimum absolute atomic E-state index is 0.0193. The maximum absolute atomic E-state index is 12.7. The lowest BCUT2D eigenvalue weighted by atomic mass is 10.1. The monoisotopic (exact) mass is 197 g/mol. The van der Waals surface area contributed by atoms with Gasteiger partial charge in [0.2, 0.25) is 0 Å². The molecule has 0 amide bonds.